The molecule has 0 saturated heterocycles. The van der Waals surface area contributed by atoms with Gasteiger partial charge in [-0.2, -0.15) is 0 Å². The van der Waals surface area contributed by atoms with Crippen LogP contribution in [0, 0.1) is 6.92 Å². The summed E-state index contributed by atoms with van der Waals surface area (Å²) in [6.07, 6.45) is -0.601. The van der Waals surface area contributed by atoms with E-state index in [-0.39, 0.29) is 24.7 Å². The van der Waals surface area contributed by atoms with E-state index < -0.39 is 16.1 Å². The summed E-state index contributed by atoms with van der Waals surface area (Å²) in [5, 5.41) is 10.7. The highest BCUT2D eigenvalue weighted by Crippen LogP contribution is 2.34. The number of rotatable bonds is 6. The topological polar surface area (TPSA) is 84.9 Å². The smallest absolute Gasteiger partial charge is 0.240 e. The molecule has 2 aromatic rings. The molecule has 0 spiro atoms. The molecular formula is C17H18ClNO5S. The van der Waals surface area contributed by atoms with E-state index in [1.807, 2.05) is 0 Å². The number of nitrogens with one attached hydrogen (secondary N) is 1. The molecule has 6 nitrogen and oxygen atoms in total. The first-order valence-electron chi connectivity index (χ1n) is 7.71. The zero-order chi connectivity index (χ0) is 18.0. The average Bonchev–Trinajstić information content (AvgIpc) is 3.04. The summed E-state index contributed by atoms with van der Waals surface area (Å²) in [5.41, 5.74) is 1.13. The third-order valence-electron chi connectivity index (χ3n) is 4.00. The number of halogens is 1. The van der Waals surface area contributed by atoms with E-state index in [4.69, 9.17) is 21.1 Å². The largest absolute Gasteiger partial charge is 0.454 e. The van der Waals surface area contributed by atoms with Crippen LogP contribution in [-0.4, -0.2) is 26.9 Å². The third kappa shape index (κ3) is 3.90. The zero-order valence-electron chi connectivity index (χ0n) is 13.5. The SMILES string of the molecule is Cc1c(Cl)cccc1S(=O)(=O)NCC[C@H](O)c1ccc2c(c1)OCO2. The minimum Gasteiger partial charge on any atom is -0.454 e. The van der Waals surface area contributed by atoms with Crippen LogP contribution in [0.15, 0.2) is 41.3 Å². The van der Waals surface area contributed by atoms with Crippen LogP contribution in [0.2, 0.25) is 5.02 Å². The number of sulfonamides is 1. The van der Waals surface area contributed by atoms with Gasteiger partial charge >= 0.3 is 0 Å². The van der Waals surface area contributed by atoms with E-state index >= 15 is 0 Å². The summed E-state index contributed by atoms with van der Waals surface area (Å²) >= 11 is 5.98. The van der Waals surface area contributed by atoms with Gasteiger partial charge in [-0.1, -0.05) is 23.7 Å². The van der Waals surface area contributed by atoms with Crippen LogP contribution in [0.4, 0.5) is 0 Å². The second-order valence-corrected chi connectivity index (χ2v) is 7.82. The molecule has 1 heterocycles. The molecule has 0 aromatic heterocycles. The Hall–Kier alpha value is -1.80. The van der Waals surface area contributed by atoms with Crippen molar-refractivity contribution < 1.29 is 23.0 Å². The monoisotopic (exact) mass is 383 g/mol. The van der Waals surface area contributed by atoms with Gasteiger partial charge < -0.3 is 14.6 Å². The zero-order valence-corrected chi connectivity index (χ0v) is 15.1. The molecule has 0 fully saturated rings. The van der Waals surface area contributed by atoms with Crippen LogP contribution < -0.4 is 14.2 Å². The van der Waals surface area contributed by atoms with E-state index in [9.17, 15) is 13.5 Å². The van der Waals surface area contributed by atoms with Crippen molar-refractivity contribution >= 4 is 21.6 Å². The van der Waals surface area contributed by atoms with Gasteiger partial charge in [0.25, 0.3) is 0 Å². The molecule has 1 atom stereocenters. The molecule has 25 heavy (non-hydrogen) atoms. The Labute approximate surface area is 151 Å². The number of aliphatic hydroxyl groups is 1. The standard InChI is InChI=1S/C17H18ClNO5S/c1-11-13(18)3-2-4-17(11)25(21,22)19-8-7-14(20)12-5-6-15-16(9-12)24-10-23-15/h2-6,9,14,19-20H,7-8,10H2,1H3/t14-/m0/s1. The summed E-state index contributed by atoms with van der Waals surface area (Å²) in [4.78, 5) is 0.137. The van der Waals surface area contributed by atoms with Gasteiger partial charge in [0, 0.05) is 11.6 Å². The summed E-state index contributed by atoms with van der Waals surface area (Å²) in [7, 11) is -3.69. The van der Waals surface area contributed by atoms with Crippen molar-refractivity contribution in [3.63, 3.8) is 0 Å². The summed E-state index contributed by atoms with van der Waals surface area (Å²) in [5.74, 6) is 1.21. The normalized spacial score (nSPS) is 14.5. The van der Waals surface area contributed by atoms with Crippen LogP contribution in [0.1, 0.15) is 23.7 Å². The highest BCUT2D eigenvalue weighted by Gasteiger charge is 2.20. The maximum atomic E-state index is 12.4. The molecule has 1 aliphatic heterocycles. The predicted molar refractivity (Wildman–Crippen MR) is 93.5 cm³/mol. The van der Waals surface area contributed by atoms with Crippen molar-refractivity contribution in [2.24, 2.45) is 0 Å². The molecule has 0 aliphatic carbocycles. The Bertz CT molecular complexity index is 885. The Morgan fingerprint density at radius 2 is 2.00 bits per heavy atom. The lowest BCUT2D eigenvalue weighted by Gasteiger charge is -2.13. The first kappa shape index (κ1) is 18.0. The lowest BCUT2D eigenvalue weighted by Crippen LogP contribution is -2.26. The van der Waals surface area contributed by atoms with Crippen molar-refractivity contribution in [1.82, 2.24) is 4.72 Å². The van der Waals surface area contributed by atoms with Crippen molar-refractivity contribution in [1.29, 1.82) is 0 Å². The van der Waals surface area contributed by atoms with E-state index in [1.165, 1.54) is 6.07 Å². The van der Waals surface area contributed by atoms with Crippen LogP contribution in [0.5, 0.6) is 11.5 Å². The summed E-state index contributed by atoms with van der Waals surface area (Å²) < 4.78 is 37.8. The van der Waals surface area contributed by atoms with Gasteiger partial charge in [0.2, 0.25) is 16.8 Å². The number of benzene rings is 2. The molecule has 0 saturated carbocycles. The Balaban J connectivity index is 1.63. The molecular weight excluding hydrogens is 366 g/mol. The van der Waals surface area contributed by atoms with Crippen LogP contribution in [0.3, 0.4) is 0 Å². The average molecular weight is 384 g/mol. The molecule has 3 rings (SSSR count). The number of hydrogen-bond acceptors (Lipinski definition) is 5. The first-order chi connectivity index (χ1) is 11.9. The van der Waals surface area contributed by atoms with Gasteiger partial charge in [-0.15, -0.1) is 0 Å². The number of aliphatic hydroxyl groups excluding tert-OH is 1. The third-order valence-corrected chi connectivity index (χ3v) is 6.01. The van der Waals surface area contributed by atoms with Gasteiger partial charge in [-0.3, -0.25) is 0 Å². The van der Waals surface area contributed by atoms with Crippen LogP contribution in [-0.2, 0) is 10.0 Å². The van der Waals surface area contributed by atoms with Gasteiger partial charge in [0.15, 0.2) is 11.5 Å². The molecule has 134 valence electrons. The summed E-state index contributed by atoms with van der Waals surface area (Å²) in [6.45, 7) is 1.90. The van der Waals surface area contributed by atoms with Gasteiger partial charge in [-0.05, 0) is 48.7 Å². The molecule has 2 N–H and O–H groups in total. The van der Waals surface area contributed by atoms with Gasteiger partial charge in [0.05, 0.1) is 11.0 Å². The van der Waals surface area contributed by atoms with Crippen LogP contribution in [0.25, 0.3) is 0 Å². The lowest BCUT2D eigenvalue weighted by molar-refractivity contribution is 0.166. The molecule has 1 aliphatic rings. The van der Waals surface area contributed by atoms with Crippen molar-refractivity contribution in [2.45, 2.75) is 24.3 Å². The molecule has 0 bridgehead atoms. The number of fused-ring (bicyclic) bond motifs is 1. The Morgan fingerprint density at radius 1 is 1.24 bits per heavy atom. The predicted octanol–water partition coefficient (Wildman–Crippen LogP) is 2.78. The van der Waals surface area contributed by atoms with Crippen molar-refractivity contribution in [2.75, 3.05) is 13.3 Å². The fraction of sp³-hybridized carbons (Fsp3) is 0.294. The second-order valence-electron chi connectivity index (χ2n) is 5.68. The number of hydrogen-bond donors (Lipinski definition) is 2. The Morgan fingerprint density at radius 3 is 2.80 bits per heavy atom. The minimum absolute atomic E-state index is 0.0872. The van der Waals surface area contributed by atoms with Crippen molar-refractivity contribution in [3.8, 4) is 11.5 Å². The molecule has 8 heteroatoms. The van der Waals surface area contributed by atoms with E-state index in [2.05, 4.69) is 4.72 Å². The molecule has 0 amide bonds. The lowest BCUT2D eigenvalue weighted by atomic mass is 10.1. The van der Waals surface area contributed by atoms with Crippen molar-refractivity contribution in [3.05, 3.63) is 52.5 Å². The molecule has 2 aromatic carbocycles. The first-order valence-corrected chi connectivity index (χ1v) is 9.57. The maximum absolute atomic E-state index is 12.4. The summed E-state index contributed by atoms with van der Waals surface area (Å²) in [6, 6.07) is 9.87. The van der Waals surface area contributed by atoms with Crippen LogP contribution >= 0.6 is 11.6 Å². The quantitative estimate of drug-likeness (QED) is 0.801. The minimum atomic E-state index is -3.69. The van der Waals surface area contributed by atoms with E-state index in [1.54, 1.807) is 37.3 Å². The van der Waals surface area contributed by atoms with Gasteiger partial charge in [-0.25, -0.2) is 13.1 Å². The fourth-order valence-corrected chi connectivity index (χ4v) is 4.12. The fourth-order valence-electron chi connectivity index (χ4n) is 2.57. The highest BCUT2D eigenvalue weighted by molar-refractivity contribution is 7.89. The van der Waals surface area contributed by atoms with E-state index in [0.717, 1.165) is 0 Å². The second kappa shape index (κ2) is 7.21. The number of ether oxygens (including phenoxy) is 2. The van der Waals surface area contributed by atoms with E-state index in [0.29, 0.717) is 27.6 Å². The highest BCUT2D eigenvalue weighted by atomic mass is 35.5. The molecule has 0 unspecified atom stereocenters. The maximum Gasteiger partial charge on any atom is 0.240 e. The Kier molecular flexibility index (Phi) is 5.19. The molecule has 0 radical (unpaired) electrons. The van der Waals surface area contributed by atoms with Gasteiger partial charge in [0.1, 0.15) is 0 Å².